The maximum absolute atomic E-state index is 14.0. The second-order valence-electron chi connectivity index (χ2n) is 10.2. The van der Waals surface area contributed by atoms with Crippen LogP contribution in [0.3, 0.4) is 0 Å². The van der Waals surface area contributed by atoms with Crippen LogP contribution in [0.4, 0.5) is 5.69 Å². The van der Waals surface area contributed by atoms with E-state index < -0.39 is 17.4 Å². The third kappa shape index (κ3) is 4.16. The average Bonchev–Trinajstić information content (AvgIpc) is 3.39. The first kappa shape index (κ1) is 25.8. The fourth-order valence-corrected chi connectivity index (χ4v) is 6.84. The average molecular weight is 553 g/mol. The highest BCUT2D eigenvalue weighted by atomic mass is 32.1. The molecule has 0 spiro atoms. The number of carbonyl (C=O) groups excluding carboxylic acids is 2. The van der Waals surface area contributed by atoms with Crippen LogP contribution < -0.4 is 27.3 Å². The Bertz CT molecular complexity index is 1660. The molecule has 202 valence electrons. The molecule has 10 heteroatoms. The van der Waals surface area contributed by atoms with E-state index in [1.165, 1.54) is 11.3 Å². The number of anilines is 1. The summed E-state index contributed by atoms with van der Waals surface area (Å²) in [5.41, 5.74) is 20.4. The molecule has 0 radical (unpaired) electrons. The van der Waals surface area contributed by atoms with E-state index >= 15 is 0 Å². The number of Topliss-reactive ketones (excluding diaryl/α,β-unsaturated/α-hetero) is 1. The number of likely N-dealkylation sites (tertiary alicyclic amines) is 1. The monoisotopic (exact) mass is 552 g/mol. The number of carbonyl (C=O) groups is 2. The Morgan fingerprint density at radius 2 is 1.73 bits per heavy atom. The molecule has 1 saturated heterocycles. The second-order valence-corrected chi connectivity index (χ2v) is 11.2. The van der Waals surface area contributed by atoms with Crippen molar-refractivity contribution in [1.29, 1.82) is 5.26 Å². The Balaban J connectivity index is 1.37. The number of thiophene rings is 1. The van der Waals surface area contributed by atoms with Crippen molar-refractivity contribution in [2.45, 2.75) is 30.5 Å². The first-order chi connectivity index (χ1) is 19.3. The number of nitrogens with zero attached hydrogens (tertiary/aromatic N) is 2. The van der Waals surface area contributed by atoms with Gasteiger partial charge in [0.25, 0.3) is 5.91 Å². The van der Waals surface area contributed by atoms with Gasteiger partial charge in [-0.05, 0) is 54.3 Å². The minimum absolute atomic E-state index is 0.0768. The normalized spacial score (nSPS) is 20.8. The Kier molecular flexibility index (Phi) is 6.43. The standard InChI is InChI=1S/C30H28N6O3S/c31-16-36-14-12-18(13-15-36)35-29(38)27-24-23-21(10-11-22(32)26(23)40-27)30(34,28(37)25(24)33)17-6-8-20(9-7-17)39-19-4-2-1-3-5-19/h1-11,18,25H,12-15,32-34H2,(H,35,38). The largest absolute Gasteiger partial charge is 0.457 e. The van der Waals surface area contributed by atoms with Gasteiger partial charge in [0, 0.05) is 35.8 Å². The Labute approximate surface area is 235 Å². The molecular formula is C30H28N6O3S. The van der Waals surface area contributed by atoms with Crippen LogP contribution in [-0.4, -0.2) is 35.7 Å². The number of benzene rings is 3. The molecule has 1 fully saturated rings. The topological polar surface area (TPSA) is 160 Å². The predicted molar refractivity (Wildman–Crippen MR) is 154 cm³/mol. The van der Waals surface area contributed by atoms with Gasteiger partial charge in [-0.3, -0.25) is 9.59 Å². The number of nitriles is 1. The number of hydrogen-bond donors (Lipinski definition) is 4. The highest BCUT2D eigenvalue weighted by molar-refractivity contribution is 7.21. The highest BCUT2D eigenvalue weighted by Gasteiger charge is 2.48. The number of ether oxygens (including phenoxy) is 1. The summed E-state index contributed by atoms with van der Waals surface area (Å²) in [5, 5.41) is 12.8. The van der Waals surface area contributed by atoms with E-state index in [2.05, 4.69) is 11.5 Å². The third-order valence-corrected chi connectivity index (χ3v) is 9.03. The van der Waals surface area contributed by atoms with Crippen LogP contribution in [0.2, 0.25) is 0 Å². The molecule has 1 amide bonds. The van der Waals surface area contributed by atoms with Gasteiger partial charge in [-0.15, -0.1) is 11.3 Å². The van der Waals surface area contributed by atoms with Crippen molar-refractivity contribution in [2.24, 2.45) is 11.5 Å². The maximum atomic E-state index is 14.0. The molecule has 0 saturated carbocycles. The van der Waals surface area contributed by atoms with Crippen LogP contribution in [0.5, 0.6) is 11.5 Å². The molecule has 4 aromatic rings. The second kappa shape index (κ2) is 9.95. The van der Waals surface area contributed by atoms with E-state index in [0.29, 0.717) is 74.8 Å². The molecule has 1 aromatic heterocycles. The fraction of sp³-hybridized carbons (Fsp3) is 0.233. The summed E-state index contributed by atoms with van der Waals surface area (Å²) in [7, 11) is 0. The van der Waals surface area contributed by atoms with Gasteiger partial charge in [0.1, 0.15) is 17.0 Å². The van der Waals surface area contributed by atoms with Crippen LogP contribution in [-0.2, 0) is 10.3 Å². The zero-order valence-corrected chi connectivity index (χ0v) is 22.4. The molecule has 1 aliphatic carbocycles. The number of para-hydroxylation sites is 1. The van der Waals surface area contributed by atoms with Gasteiger partial charge in [-0.2, -0.15) is 5.26 Å². The molecular weight excluding hydrogens is 524 g/mol. The maximum Gasteiger partial charge on any atom is 0.261 e. The smallest absolute Gasteiger partial charge is 0.261 e. The van der Waals surface area contributed by atoms with E-state index in [0.717, 1.165) is 0 Å². The molecule has 9 nitrogen and oxygen atoms in total. The van der Waals surface area contributed by atoms with E-state index in [-0.39, 0.29) is 11.9 Å². The number of nitrogens with two attached hydrogens (primary N) is 3. The minimum atomic E-state index is -1.54. The number of hydrogen-bond acceptors (Lipinski definition) is 9. The lowest BCUT2D eigenvalue weighted by Gasteiger charge is -2.36. The number of nitrogen functional groups attached to an aromatic ring is 1. The molecule has 2 unspecified atom stereocenters. The summed E-state index contributed by atoms with van der Waals surface area (Å²) >= 11 is 1.23. The molecule has 3 aromatic carbocycles. The van der Waals surface area contributed by atoms with Crippen LogP contribution in [0.25, 0.3) is 10.1 Å². The lowest BCUT2D eigenvalue weighted by Crippen LogP contribution is -2.52. The Morgan fingerprint density at radius 1 is 1.05 bits per heavy atom. The molecule has 2 aliphatic rings. The number of nitrogens with one attached hydrogen (secondary N) is 1. The molecule has 2 atom stereocenters. The van der Waals surface area contributed by atoms with Crippen LogP contribution in [0.1, 0.15) is 45.2 Å². The number of amides is 1. The van der Waals surface area contributed by atoms with Crippen molar-refractivity contribution in [3.63, 3.8) is 0 Å². The lowest BCUT2D eigenvalue weighted by molar-refractivity contribution is -0.124. The molecule has 1 aliphatic heterocycles. The summed E-state index contributed by atoms with van der Waals surface area (Å²) < 4.78 is 6.59. The van der Waals surface area contributed by atoms with Crippen molar-refractivity contribution in [3.05, 3.63) is 88.3 Å². The fourth-order valence-electron chi connectivity index (χ4n) is 5.63. The quantitative estimate of drug-likeness (QED) is 0.215. The lowest BCUT2D eigenvalue weighted by atomic mass is 9.70. The molecule has 2 heterocycles. The highest BCUT2D eigenvalue weighted by Crippen LogP contribution is 2.49. The summed E-state index contributed by atoms with van der Waals surface area (Å²) in [6.45, 7) is 1.17. The van der Waals surface area contributed by atoms with E-state index in [4.69, 9.17) is 27.2 Å². The summed E-state index contributed by atoms with van der Waals surface area (Å²) in [4.78, 5) is 29.5. The Hall–Kier alpha value is -4.43. The SMILES string of the molecule is N#CN1CCC(NC(=O)c2sc3c(N)ccc4c3c2C(N)C(=O)C4(N)c2ccc(Oc3ccccc3)cc2)CC1. The van der Waals surface area contributed by atoms with Gasteiger partial charge >= 0.3 is 0 Å². The van der Waals surface area contributed by atoms with Gasteiger partial charge in [-0.1, -0.05) is 36.4 Å². The summed E-state index contributed by atoms with van der Waals surface area (Å²) in [6, 6.07) is 18.7. The van der Waals surface area contributed by atoms with Crippen molar-refractivity contribution in [3.8, 4) is 17.7 Å². The van der Waals surface area contributed by atoms with Crippen molar-refractivity contribution < 1.29 is 14.3 Å². The zero-order chi connectivity index (χ0) is 28.0. The number of rotatable bonds is 5. The van der Waals surface area contributed by atoms with E-state index in [1.807, 2.05) is 30.3 Å². The summed E-state index contributed by atoms with van der Waals surface area (Å²) in [6.07, 6.45) is 3.47. The molecule has 6 rings (SSSR count). The first-order valence-corrected chi connectivity index (χ1v) is 13.9. The third-order valence-electron chi connectivity index (χ3n) is 7.78. The molecule has 0 bridgehead atoms. The first-order valence-electron chi connectivity index (χ1n) is 13.0. The minimum Gasteiger partial charge on any atom is -0.457 e. The van der Waals surface area contributed by atoms with Gasteiger partial charge in [-0.25, -0.2) is 0 Å². The number of ketones is 1. The van der Waals surface area contributed by atoms with E-state index in [9.17, 15) is 9.59 Å². The number of piperidine rings is 1. The van der Waals surface area contributed by atoms with Crippen LogP contribution >= 0.6 is 11.3 Å². The van der Waals surface area contributed by atoms with Crippen molar-refractivity contribution in [2.75, 3.05) is 18.8 Å². The van der Waals surface area contributed by atoms with Gasteiger partial charge in [0.15, 0.2) is 12.0 Å². The van der Waals surface area contributed by atoms with Crippen molar-refractivity contribution >= 4 is 38.8 Å². The zero-order valence-electron chi connectivity index (χ0n) is 21.6. The van der Waals surface area contributed by atoms with E-state index in [1.54, 1.807) is 41.3 Å². The van der Waals surface area contributed by atoms with Gasteiger partial charge < -0.3 is 32.2 Å². The summed E-state index contributed by atoms with van der Waals surface area (Å²) in [5.74, 6) is 0.590. The van der Waals surface area contributed by atoms with Gasteiger partial charge in [0.05, 0.1) is 15.6 Å². The van der Waals surface area contributed by atoms with Gasteiger partial charge in [0.2, 0.25) is 0 Å². The van der Waals surface area contributed by atoms with Crippen molar-refractivity contribution in [1.82, 2.24) is 10.2 Å². The van der Waals surface area contributed by atoms with Crippen LogP contribution in [0, 0.1) is 11.5 Å². The predicted octanol–water partition coefficient (Wildman–Crippen LogP) is 3.74. The molecule has 40 heavy (non-hydrogen) atoms. The molecule has 7 N–H and O–H groups in total. The van der Waals surface area contributed by atoms with Crippen LogP contribution in [0.15, 0.2) is 66.7 Å². The Morgan fingerprint density at radius 3 is 2.40 bits per heavy atom.